The zero-order valence-electron chi connectivity index (χ0n) is 6.06. The molecule has 4 nitrogen and oxygen atoms in total. The van der Waals surface area contributed by atoms with Crippen molar-refractivity contribution in [1.82, 2.24) is 0 Å². The third kappa shape index (κ3) is 2.00. The summed E-state index contributed by atoms with van der Waals surface area (Å²) in [6, 6.07) is 6.15. The molecule has 0 atom stereocenters. The summed E-state index contributed by atoms with van der Waals surface area (Å²) < 4.78 is 0. The molecule has 0 heterocycles. The van der Waals surface area contributed by atoms with E-state index in [1.807, 2.05) is 0 Å². The summed E-state index contributed by atoms with van der Waals surface area (Å²) in [7, 11) is 0. The highest BCUT2D eigenvalue weighted by atomic mass is 32.1. The summed E-state index contributed by atoms with van der Waals surface area (Å²) in [5.74, 6) is 0. The lowest BCUT2D eigenvalue weighted by Crippen LogP contribution is -1.93. The smallest absolute Gasteiger partial charge is 0.271 e. The van der Waals surface area contributed by atoms with E-state index in [1.165, 1.54) is 17.6 Å². The fourth-order valence-electron chi connectivity index (χ4n) is 0.777. The van der Waals surface area contributed by atoms with Gasteiger partial charge in [0.15, 0.2) is 0 Å². The van der Waals surface area contributed by atoms with Gasteiger partial charge in [-0.3, -0.25) is 10.1 Å². The van der Waals surface area contributed by atoms with E-state index in [9.17, 15) is 10.1 Å². The SMILES string of the molecule is O=[N+]([O-])c1cccc(NC=S)c1. The van der Waals surface area contributed by atoms with Crippen LogP contribution in [0.4, 0.5) is 11.4 Å². The highest BCUT2D eigenvalue weighted by molar-refractivity contribution is 7.79. The van der Waals surface area contributed by atoms with Gasteiger partial charge in [0, 0.05) is 17.8 Å². The Balaban J connectivity index is 2.95. The van der Waals surface area contributed by atoms with E-state index in [2.05, 4.69) is 17.5 Å². The van der Waals surface area contributed by atoms with Gasteiger partial charge < -0.3 is 5.32 Å². The summed E-state index contributed by atoms with van der Waals surface area (Å²) in [4.78, 5) is 9.85. The maximum atomic E-state index is 10.3. The molecule has 0 saturated carbocycles. The van der Waals surface area contributed by atoms with E-state index in [1.54, 1.807) is 12.1 Å². The number of nitro groups is 1. The first-order valence-corrected chi connectivity index (χ1v) is 3.66. The normalized spacial score (nSPS) is 9.00. The van der Waals surface area contributed by atoms with E-state index in [4.69, 9.17) is 0 Å². The molecule has 0 aromatic heterocycles. The number of nitrogens with zero attached hydrogens (tertiary/aromatic N) is 1. The number of benzene rings is 1. The molecule has 0 fully saturated rings. The number of thiocarbonyl (C=S) groups is 1. The lowest BCUT2D eigenvalue weighted by atomic mass is 10.3. The van der Waals surface area contributed by atoms with Crippen molar-refractivity contribution in [3.63, 3.8) is 0 Å². The van der Waals surface area contributed by atoms with E-state index < -0.39 is 4.92 Å². The summed E-state index contributed by atoms with van der Waals surface area (Å²) in [6.07, 6.45) is 0. The minimum Gasteiger partial charge on any atom is -0.352 e. The fourth-order valence-corrected chi connectivity index (χ4v) is 0.913. The van der Waals surface area contributed by atoms with Gasteiger partial charge in [0.25, 0.3) is 5.69 Å². The third-order valence-corrected chi connectivity index (χ3v) is 1.40. The van der Waals surface area contributed by atoms with Crippen molar-refractivity contribution in [2.75, 3.05) is 5.32 Å². The molecule has 0 bridgehead atoms. The molecule has 1 aromatic carbocycles. The van der Waals surface area contributed by atoms with Crippen LogP contribution in [0.3, 0.4) is 0 Å². The van der Waals surface area contributed by atoms with Crippen molar-refractivity contribution >= 4 is 29.1 Å². The van der Waals surface area contributed by atoms with Gasteiger partial charge in [-0.1, -0.05) is 18.3 Å². The Morgan fingerprint density at radius 3 is 2.92 bits per heavy atom. The Morgan fingerprint density at radius 1 is 1.58 bits per heavy atom. The minimum atomic E-state index is -0.450. The van der Waals surface area contributed by atoms with Crippen LogP contribution >= 0.6 is 12.2 Å². The van der Waals surface area contributed by atoms with Crippen LogP contribution in [0.1, 0.15) is 0 Å². The van der Waals surface area contributed by atoms with Crippen LogP contribution in [0, 0.1) is 10.1 Å². The van der Waals surface area contributed by atoms with Gasteiger partial charge >= 0.3 is 0 Å². The maximum absolute atomic E-state index is 10.3. The van der Waals surface area contributed by atoms with Crippen molar-refractivity contribution in [1.29, 1.82) is 0 Å². The van der Waals surface area contributed by atoms with Crippen LogP contribution in [0.25, 0.3) is 0 Å². The molecule has 0 aliphatic rings. The maximum Gasteiger partial charge on any atom is 0.271 e. The molecule has 0 unspecified atom stereocenters. The quantitative estimate of drug-likeness (QED) is 0.441. The van der Waals surface area contributed by atoms with Gasteiger partial charge in [-0.2, -0.15) is 0 Å². The molecular formula is C7H6N2O2S. The molecule has 0 amide bonds. The van der Waals surface area contributed by atoms with Crippen molar-refractivity contribution in [2.45, 2.75) is 0 Å². The van der Waals surface area contributed by atoms with Crippen molar-refractivity contribution in [3.8, 4) is 0 Å². The van der Waals surface area contributed by atoms with E-state index in [0.717, 1.165) is 0 Å². The molecule has 1 N–H and O–H groups in total. The second kappa shape index (κ2) is 3.77. The Kier molecular flexibility index (Phi) is 2.71. The van der Waals surface area contributed by atoms with E-state index >= 15 is 0 Å². The van der Waals surface area contributed by atoms with Crippen molar-refractivity contribution < 1.29 is 4.92 Å². The Hall–Kier alpha value is -1.49. The first-order chi connectivity index (χ1) is 5.74. The Morgan fingerprint density at radius 2 is 2.33 bits per heavy atom. The average Bonchev–Trinajstić information content (AvgIpc) is 2.05. The number of rotatable bonds is 3. The van der Waals surface area contributed by atoms with Gasteiger partial charge in [-0.15, -0.1) is 0 Å². The number of anilines is 1. The Bertz CT molecular complexity index is 314. The molecule has 1 aromatic rings. The second-order valence-corrected chi connectivity index (χ2v) is 2.31. The molecule has 0 aliphatic heterocycles. The molecular weight excluding hydrogens is 176 g/mol. The number of nitro benzene ring substituents is 1. The summed E-state index contributed by atoms with van der Waals surface area (Å²) in [6.45, 7) is 0. The van der Waals surface area contributed by atoms with Gasteiger partial charge in [-0.05, 0) is 6.07 Å². The topological polar surface area (TPSA) is 55.2 Å². The standard InChI is InChI=1S/C7H6N2O2S/c10-9(11)7-3-1-2-6(4-7)8-5-12/h1-5H,(H,8,12). The highest BCUT2D eigenvalue weighted by Gasteiger charge is 2.03. The molecule has 5 heteroatoms. The third-order valence-electron chi connectivity index (χ3n) is 1.28. The van der Waals surface area contributed by atoms with Gasteiger partial charge in [0.2, 0.25) is 0 Å². The van der Waals surface area contributed by atoms with Crippen molar-refractivity contribution in [3.05, 3.63) is 34.4 Å². The first kappa shape index (κ1) is 8.61. The van der Waals surface area contributed by atoms with Crippen LogP contribution in [0.5, 0.6) is 0 Å². The summed E-state index contributed by atoms with van der Waals surface area (Å²) in [5.41, 5.74) is 1.98. The van der Waals surface area contributed by atoms with Gasteiger partial charge in [0.1, 0.15) is 0 Å². The van der Waals surface area contributed by atoms with Crippen LogP contribution in [0.2, 0.25) is 0 Å². The van der Waals surface area contributed by atoms with Crippen LogP contribution in [0.15, 0.2) is 24.3 Å². The van der Waals surface area contributed by atoms with Crippen LogP contribution < -0.4 is 5.32 Å². The molecule has 0 radical (unpaired) electrons. The lowest BCUT2D eigenvalue weighted by Gasteiger charge is -1.97. The molecule has 1 rings (SSSR count). The van der Waals surface area contributed by atoms with E-state index in [0.29, 0.717) is 5.69 Å². The van der Waals surface area contributed by atoms with Crippen LogP contribution in [-0.4, -0.2) is 10.4 Å². The lowest BCUT2D eigenvalue weighted by molar-refractivity contribution is -0.384. The predicted molar refractivity (Wildman–Crippen MR) is 50.4 cm³/mol. The average molecular weight is 182 g/mol. The number of hydrogen-bond acceptors (Lipinski definition) is 3. The van der Waals surface area contributed by atoms with Gasteiger partial charge in [0.05, 0.1) is 10.4 Å². The molecule has 12 heavy (non-hydrogen) atoms. The Labute approximate surface area is 74.4 Å². The van der Waals surface area contributed by atoms with E-state index in [-0.39, 0.29) is 5.69 Å². The second-order valence-electron chi connectivity index (χ2n) is 2.07. The number of non-ortho nitro benzene ring substituents is 1. The highest BCUT2D eigenvalue weighted by Crippen LogP contribution is 2.15. The molecule has 0 spiro atoms. The molecule has 0 aliphatic carbocycles. The van der Waals surface area contributed by atoms with Crippen molar-refractivity contribution in [2.24, 2.45) is 0 Å². The van der Waals surface area contributed by atoms with Crippen LogP contribution in [-0.2, 0) is 0 Å². The number of nitrogens with one attached hydrogen (secondary N) is 1. The first-order valence-electron chi connectivity index (χ1n) is 3.18. The fraction of sp³-hybridized carbons (Fsp3) is 0. The molecule has 62 valence electrons. The number of hydrogen-bond donors (Lipinski definition) is 1. The minimum absolute atomic E-state index is 0.0526. The molecule has 0 saturated heterocycles. The zero-order valence-corrected chi connectivity index (χ0v) is 6.88. The summed E-state index contributed by atoms with van der Waals surface area (Å²) >= 11 is 4.54. The van der Waals surface area contributed by atoms with Gasteiger partial charge in [-0.25, -0.2) is 0 Å². The largest absolute Gasteiger partial charge is 0.352 e. The monoisotopic (exact) mass is 182 g/mol. The summed E-state index contributed by atoms with van der Waals surface area (Å²) in [5, 5.41) is 13.0. The zero-order chi connectivity index (χ0) is 8.97. The predicted octanol–water partition coefficient (Wildman–Crippen LogP) is 1.96.